The molecule has 2 aromatic rings. The van der Waals surface area contributed by atoms with Gasteiger partial charge in [0.15, 0.2) is 0 Å². The van der Waals surface area contributed by atoms with Crippen LogP contribution in [0.2, 0.25) is 0 Å². The molecule has 1 saturated heterocycles. The molecule has 1 atom stereocenters. The van der Waals surface area contributed by atoms with Crippen molar-refractivity contribution < 1.29 is 9.32 Å². The summed E-state index contributed by atoms with van der Waals surface area (Å²) in [4.78, 5) is 15.4. The van der Waals surface area contributed by atoms with E-state index < -0.39 is 0 Å². The van der Waals surface area contributed by atoms with Crippen molar-refractivity contribution in [3.8, 4) is 11.4 Å². The van der Waals surface area contributed by atoms with Crippen molar-refractivity contribution in [3.05, 3.63) is 22.7 Å². The van der Waals surface area contributed by atoms with Crippen LogP contribution in [-0.2, 0) is 4.79 Å². The summed E-state index contributed by atoms with van der Waals surface area (Å²) in [6, 6.07) is 1.96. The molecule has 1 N–H and O–H groups in total. The number of carbonyl (C=O) groups is 1. The Balaban J connectivity index is 1.79. The van der Waals surface area contributed by atoms with Gasteiger partial charge < -0.3 is 9.84 Å². The third kappa shape index (κ3) is 2.08. The van der Waals surface area contributed by atoms with Crippen molar-refractivity contribution in [2.45, 2.75) is 18.8 Å². The molecule has 0 radical (unpaired) electrons. The molecule has 0 aromatic carbocycles. The Morgan fingerprint density at radius 2 is 2.47 bits per heavy atom. The van der Waals surface area contributed by atoms with Crippen molar-refractivity contribution >= 4 is 17.2 Å². The molecule has 6 heteroatoms. The molecule has 1 amide bonds. The molecule has 1 fully saturated rings. The molecule has 88 valence electrons. The first-order chi connectivity index (χ1) is 8.33. The SMILES string of the molecule is O=C1CC[C@H](c2nc(-c3ccsc3)no2)CN1. The second-order valence-corrected chi connectivity index (χ2v) is 4.79. The summed E-state index contributed by atoms with van der Waals surface area (Å²) in [6.07, 6.45) is 1.30. The number of hydrogen-bond donors (Lipinski definition) is 1. The van der Waals surface area contributed by atoms with Crippen LogP contribution in [-0.4, -0.2) is 22.6 Å². The second kappa shape index (κ2) is 4.29. The number of rotatable bonds is 2. The molecule has 0 unspecified atom stereocenters. The minimum Gasteiger partial charge on any atom is -0.355 e. The molecular weight excluding hydrogens is 238 g/mol. The van der Waals surface area contributed by atoms with Crippen molar-refractivity contribution in [2.75, 3.05) is 6.54 Å². The van der Waals surface area contributed by atoms with E-state index in [4.69, 9.17) is 4.52 Å². The lowest BCUT2D eigenvalue weighted by atomic mass is 9.99. The number of thiophene rings is 1. The summed E-state index contributed by atoms with van der Waals surface area (Å²) in [5, 5.41) is 10.7. The van der Waals surface area contributed by atoms with Gasteiger partial charge in [0, 0.05) is 23.9 Å². The Kier molecular flexibility index (Phi) is 2.64. The summed E-state index contributed by atoms with van der Waals surface area (Å²) in [7, 11) is 0. The van der Waals surface area contributed by atoms with Crippen LogP contribution < -0.4 is 5.32 Å². The number of hydrogen-bond acceptors (Lipinski definition) is 5. The normalized spacial score (nSPS) is 20.2. The van der Waals surface area contributed by atoms with Gasteiger partial charge in [0.05, 0.1) is 5.92 Å². The zero-order valence-electron chi connectivity index (χ0n) is 9.05. The van der Waals surface area contributed by atoms with Crippen molar-refractivity contribution in [3.63, 3.8) is 0 Å². The predicted octanol–water partition coefficient (Wildman–Crippen LogP) is 1.79. The van der Waals surface area contributed by atoms with E-state index in [9.17, 15) is 4.79 Å². The molecule has 17 heavy (non-hydrogen) atoms. The van der Waals surface area contributed by atoms with Gasteiger partial charge in [-0.25, -0.2) is 0 Å². The minimum absolute atomic E-state index is 0.0961. The van der Waals surface area contributed by atoms with E-state index in [0.717, 1.165) is 12.0 Å². The largest absolute Gasteiger partial charge is 0.355 e. The lowest BCUT2D eigenvalue weighted by molar-refractivity contribution is -0.122. The molecule has 5 nitrogen and oxygen atoms in total. The van der Waals surface area contributed by atoms with Crippen LogP contribution >= 0.6 is 11.3 Å². The Bertz CT molecular complexity index is 511. The highest BCUT2D eigenvalue weighted by Gasteiger charge is 2.24. The van der Waals surface area contributed by atoms with E-state index in [0.29, 0.717) is 24.7 Å². The molecule has 0 saturated carbocycles. The Morgan fingerprint density at radius 1 is 1.53 bits per heavy atom. The van der Waals surface area contributed by atoms with E-state index in [1.165, 1.54) is 0 Å². The first-order valence-corrected chi connectivity index (χ1v) is 6.40. The maximum absolute atomic E-state index is 11.1. The highest BCUT2D eigenvalue weighted by atomic mass is 32.1. The Labute approximate surface area is 102 Å². The van der Waals surface area contributed by atoms with Gasteiger partial charge >= 0.3 is 0 Å². The number of piperidine rings is 1. The molecule has 0 aliphatic carbocycles. The van der Waals surface area contributed by atoms with Gasteiger partial charge in [-0.05, 0) is 17.9 Å². The van der Waals surface area contributed by atoms with Crippen molar-refractivity contribution in [1.82, 2.24) is 15.5 Å². The first-order valence-electron chi connectivity index (χ1n) is 5.46. The fourth-order valence-electron chi connectivity index (χ4n) is 1.85. The Morgan fingerprint density at radius 3 is 3.18 bits per heavy atom. The molecule has 2 aromatic heterocycles. The van der Waals surface area contributed by atoms with E-state index in [-0.39, 0.29) is 11.8 Å². The van der Waals surface area contributed by atoms with E-state index in [2.05, 4.69) is 15.5 Å². The van der Waals surface area contributed by atoms with Crippen LogP contribution in [0.15, 0.2) is 21.3 Å². The van der Waals surface area contributed by atoms with Crippen LogP contribution in [0.25, 0.3) is 11.4 Å². The number of amides is 1. The number of nitrogens with one attached hydrogen (secondary N) is 1. The molecular formula is C11H11N3O2S. The predicted molar refractivity (Wildman–Crippen MR) is 62.6 cm³/mol. The fraction of sp³-hybridized carbons (Fsp3) is 0.364. The van der Waals surface area contributed by atoms with Gasteiger partial charge in [0.1, 0.15) is 0 Å². The summed E-state index contributed by atoms with van der Waals surface area (Å²) < 4.78 is 5.26. The minimum atomic E-state index is 0.0961. The average Bonchev–Trinajstić information content (AvgIpc) is 3.00. The van der Waals surface area contributed by atoms with E-state index >= 15 is 0 Å². The maximum Gasteiger partial charge on any atom is 0.231 e. The monoisotopic (exact) mass is 249 g/mol. The van der Waals surface area contributed by atoms with Gasteiger partial charge in [-0.15, -0.1) is 0 Å². The zero-order chi connectivity index (χ0) is 11.7. The molecule has 3 rings (SSSR count). The first kappa shape index (κ1) is 10.5. The van der Waals surface area contributed by atoms with Crippen molar-refractivity contribution in [1.29, 1.82) is 0 Å². The summed E-state index contributed by atoms with van der Waals surface area (Å²) in [6.45, 7) is 0.587. The third-order valence-electron chi connectivity index (χ3n) is 2.84. The zero-order valence-corrected chi connectivity index (χ0v) is 9.87. The molecule has 0 bridgehead atoms. The van der Waals surface area contributed by atoms with Gasteiger partial charge in [0.25, 0.3) is 0 Å². The van der Waals surface area contributed by atoms with Gasteiger partial charge in [0.2, 0.25) is 17.6 Å². The van der Waals surface area contributed by atoms with Crippen molar-refractivity contribution in [2.24, 2.45) is 0 Å². The number of aromatic nitrogens is 2. The molecule has 1 aliphatic rings. The Hall–Kier alpha value is -1.69. The maximum atomic E-state index is 11.1. The van der Waals surface area contributed by atoms with Crippen LogP contribution in [0.3, 0.4) is 0 Å². The van der Waals surface area contributed by atoms with Crippen LogP contribution in [0.1, 0.15) is 24.7 Å². The van der Waals surface area contributed by atoms with Crippen LogP contribution in [0.5, 0.6) is 0 Å². The fourth-order valence-corrected chi connectivity index (χ4v) is 2.49. The van der Waals surface area contributed by atoms with Gasteiger partial charge in [-0.3, -0.25) is 4.79 Å². The third-order valence-corrected chi connectivity index (χ3v) is 3.52. The second-order valence-electron chi connectivity index (χ2n) is 4.01. The summed E-state index contributed by atoms with van der Waals surface area (Å²) >= 11 is 1.60. The molecule has 1 aliphatic heterocycles. The van der Waals surface area contributed by atoms with Crippen LogP contribution in [0, 0.1) is 0 Å². The highest BCUT2D eigenvalue weighted by Crippen LogP contribution is 2.25. The number of carbonyl (C=O) groups excluding carboxylic acids is 1. The lowest BCUT2D eigenvalue weighted by Crippen LogP contribution is -2.33. The average molecular weight is 249 g/mol. The van der Waals surface area contributed by atoms with E-state index in [1.54, 1.807) is 11.3 Å². The molecule has 0 spiro atoms. The number of nitrogens with zero attached hydrogens (tertiary/aromatic N) is 2. The van der Waals surface area contributed by atoms with Gasteiger partial charge in [-0.1, -0.05) is 5.16 Å². The summed E-state index contributed by atoms with van der Waals surface area (Å²) in [5.41, 5.74) is 0.977. The standard InChI is InChI=1S/C11H11N3O2S/c15-9-2-1-7(5-12-9)11-13-10(14-16-11)8-3-4-17-6-8/h3-4,6-7H,1-2,5H2,(H,12,15)/t7-/m0/s1. The molecule has 3 heterocycles. The highest BCUT2D eigenvalue weighted by molar-refractivity contribution is 7.08. The summed E-state index contributed by atoms with van der Waals surface area (Å²) in [5.74, 6) is 1.48. The van der Waals surface area contributed by atoms with Gasteiger partial charge in [-0.2, -0.15) is 16.3 Å². The smallest absolute Gasteiger partial charge is 0.231 e. The van der Waals surface area contributed by atoms with Crippen LogP contribution in [0.4, 0.5) is 0 Å². The van der Waals surface area contributed by atoms with E-state index in [1.807, 2.05) is 16.8 Å². The topological polar surface area (TPSA) is 68.0 Å². The lowest BCUT2D eigenvalue weighted by Gasteiger charge is -2.18. The quantitative estimate of drug-likeness (QED) is 0.881.